The van der Waals surface area contributed by atoms with Crippen LogP contribution in [0.5, 0.6) is 0 Å². The predicted octanol–water partition coefficient (Wildman–Crippen LogP) is 2.62. The molecule has 1 saturated heterocycles. The molecule has 0 saturated carbocycles. The number of anilines is 1. The molecule has 5 heteroatoms. The SMILES string of the molecule is Cc1ccc(N2C(=O)CC(C)(C(C)C)C2=O)c(C(=O)O)c1. The molecular weight excluding hydrogens is 270 g/mol. The lowest BCUT2D eigenvalue weighted by Crippen LogP contribution is -2.37. The molecule has 0 aromatic heterocycles. The van der Waals surface area contributed by atoms with Crippen molar-refractivity contribution in [3.05, 3.63) is 29.3 Å². The van der Waals surface area contributed by atoms with Gasteiger partial charge in [0.1, 0.15) is 0 Å². The van der Waals surface area contributed by atoms with Gasteiger partial charge in [-0.1, -0.05) is 25.5 Å². The Morgan fingerprint density at radius 1 is 1.33 bits per heavy atom. The Hall–Kier alpha value is -2.17. The van der Waals surface area contributed by atoms with E-state index in [1.54, 1.807) is 19.9 Å². The molecule has 112 valence electrons. The van der Waals surface area contributed by atoms with Crippen molar-refractivity contribution in [1.82, 2.24) is 0 Å². The molecule has 1 aromatic carbocycles. The Balaban J connectivity index is 2.56. The smallest absolute Gasteiger partial charge is 0.337 e. The summed E-state index contributed by atoms with van der Waals surface area (Å²) in [7, 11) is 0. The maximum atomic E-state index is 12.7. The van der Waals surface area contributed by atoms with Crippen LogP contribution >= 0.6 is 0 Å². The molecule has 2 rings (SSSR count). The molecule has 1 N–H and O–H groups in total. The number of amides is 2. The molecule has 1 aromatic rings. The fourth-order valence-corrected chi connectivity index (χ4v) is 2.55. The molecule has 0 spiro atoms. The van der Waals surface area contributed by atoms with Crippen molar-refractivity contribution >= 4 is 23.5 Å². The molecule has 0 aliphatic carbocycles. The number of carbonyl (C=O) groups excluding carboxylic acids is 2. The zero-order chi connectivity index (χ0) is 15.9. The van der Waals surface area contributed by atoms with E-state index in [0.29, 0.717) is 0 Å². The average molecular weight is 289 g/mol. The number of carboxylic acids is 1. The zero-order valence-electron chi connectivity index (χ0n) is 12.6. The molecule has 0 bridgehead atoms. The molecule has 1 fully saturated rings. The molecule has 2 amide bonds. The number of nitrogens with zero attached hydrogens (tertiary/aromatic N) is 1. The van der Waals surface area contributed by atoms with Gasteiger partial charge in [-0.05, 0) is 31.9 Å². The van der Waals surface area contributed by atoms with Crippen LogP contribution in [0.3, 0.4) is 0 Å². The Labute approximate surface area is 123 Å². The van der Waals surface area contributed by atoms with Crippen molar-refractivity contribution in [3.63, 3.8) is 0 Å². The van der Waals surface area contributed by atoms with Gasteiger partial charge < -0.3 is 5.11 Å². The number of aryl methyl sites for hydroxylation is 1. The summed E-state index contributed by atoms with van der Waals surface area (Å²) in [4.78, 5) is 37.3. The van der Waals surface area contributed by atoms with E-state index in [-0.39, 0.29) is 35.4 Å². The maximum absolute atomic E-state index is 12.7. The first kappa shape index (κ1) is 15.2. The maximum Gasteiger partial charge on any atom is 0.337 e. The van der Waals surface area contributed by atoms with E-state index in [1.807, 2.05) is 13.8 Å². The standard InChI is InChI=1S/C16H19NO4/c1-9(2)16(4)8-13(18)17(15(16)21)12-6-5-10(3)7-11(12)14(19)20/h5-7,9H,8H2,1-4H3,(H,19,20). The normalized spacial score (nSPS) is 22.2. The molecule has 1 unspecified atom stereocenters. The van der Waals surface area contributed by atoms with E-state index in [9.17, 15) is 19.5 Å². The van der Waals surface area contributed by atoms with Gasteiger partial charge in [-0.15, -0.1) is 0 Å². The van der Waals surface area contributed by atoms with Crippen LogP contribution in [0.4, 0.5) is 5.69 Å². The second-order valence-corrected chi connectivity index (χ2v) is 6.11. The predicted molar refractivity (Wildman–Crippen MR) is 78.2 cm³/mol. The number of imide groups is 1. The van der Waals surface area contributed by atoms with E-state index < -0.39 is 11.4 Å². The highest BCUT2D eigenvalue weighted by molar-refractivity contribution is 6.24. The van der Waals surface area contributed by atoms with Crippen LogP contribution in [0.25, 0.3) is 0 Å². The lowest BCUT2D eigenvalue weighted by atomic mass is 9.78. The van der Waals surface area contributed by atoms with Crippen molar-refractivity contribution in [1.29, 1.82) is 0 Å². The lowest BCUT2D eigenvalue weighted by molar-refractivity contribution is -0.126. The van der Waals surface area contributed by atoms with Crippen LogP contribution in [0.15, 0.2) is 18.2 Å². The summed E-state index contributed by atoms with van der Waals surface area (Å²) in [5.74, 6) is -1.82. The van der Waals surface area contributed by atoms with E-state index in [0.717, 1.165) is 10.5 Å². The van der Waals surface area contributed by atoms with Crippen LogP contribution in [0, 0.1) is 18.3 Å². The summed E-state index contributed by atoms with van der Waals surface area (Å²) >= 11 is 0. The first-order valence-electron chi connectivity index (χ1n) is 6.90. The van der Waals surface area contributed by atoms with Gasteiger partial charge in [0.25, 0.3) is 0 Å². The molecule has 1 aliphatic rings. The Morgan fingerprint density at radius 3 is 2.43 bits per heavy atom. The van der Waals surface area contributed by atoms with Crippen LogP contribution in [-0.4, -0.2) is 22.9 Å². The summed E-state index contributed by atoms with van der Waals surface area (Å²) in [6.07, 6.45) is 0.108. The summed E-state index contributed by atoms with van der Waals surface area (Å²) in [6.45, 7) is 7.30. The number of benzene rings is 1. The second kappa shape index (κ2) is 4.98. The van der Waals surface area contributed by atoms with Crippen molar-refractivity contribution in [2.45, 2.75) is 34.1 Å². The van der Waals surface area contributed by atoms with Crippen LogP contribution < -0.4 is 4.90 Å². The summed E-state index contributed by atoms with van der Waals surface area (Å²) in [5, 5.41) is 9.31. The molecule has 1 atom stereocenters. The molecule has 0 radical (unpaired) electrons. The highest BCUT2D eigenvalue weighted by atomic mass is 16.4. The average Bonchev–Trinajstić information content (AvgIpc) is 2.62. The van der Waals surface area contributed by atoms with Crippen molar-refractivity contribution in [2.24, 2.45) is 11.3 Å². The fraction of sp³-hybridized carbons (Fsp3) is 0.438. The van der Waals surface area contributed by atoms with E-state index in [1.165, 1.54) is 12.1 Å². The lowest BCUT2D eigenvalue weighted by Gasteiger charge is -2.26. The topological polar surface area (TPSA) is 74.7 Å². The third kappa shape index (κ3) is 2.33. The number of carboxylic acid groups (broad SMARTS) is 1. The minimum atomic E-state index is -1.15. The van der Waals surface area contributed by atoms with Crippen molar-refractivity contribution < 1.29 is 19.5 Å². The van der Waals surface area contributed by atoms with Crippen molar-refractivity contribution in [2.75, 3.05) is 4.90 Å². The van der Waals surface area contributed by atoms with Gasteiger partial charge in [0.15, 0.2) is 0 Å². The van der Waals surface area contributed by atoms with Gasteiger partial charge in [-0.3, -0.25) is 9.59 Å². The molecule has 5 nitrogen and oxygen atoms in total. The third-order valence-corrected chi connectivity index (χ3v) is 4.36. The summed E-state index contributed by atoms with van der Waals surface area (Å²) in [5.41, 5.74) is 0.122. The van der Waals surface area contributed by atoms with Gasteiger partial charge in [0, 0.05) is 6.42 Å². The van der Waals surface area contributed by atoms with Crippen LogP contribution in [-0.2, 0) is 9.59 Å². The fourth-order valence-electron chi connectivity index (χ4n) is 2.55. The van der Waals surface area contributed by atoms with Crippen LogP contribution in [0.2, 0.25) is 0 Å². The van der Waals surface area contributed by atoms with E-state index in [2.05, 4.69) is 0 Å². The number of hydrogen-bond donors (Lipinski definition) is 1. The second-order valence-electron chi connectivity index (χ2n) is 6.11. The third-order valence-electron chi connectivity index (χ3n) is 4.36. The monoisotopic (exact) mass is 289 g/mol. The minimum Gasteiger partial charge on any atom is -0.478 e. The number of rotatable bonds is 3. The molecule has 1 heterocycles. The Kier molecular flexibility index (Phi) is 3.61. The molecular formula is C16H19NO4. The molecule has 21 heavy (non-hydrogen) atoms. The quantitative estimate of drug-likeness (QED) is 0.868. The number of carbonyl (C=O) groups is 3. The highest BCUT2D eigenvalue weighted by Crippen LogP contribution is 2.42. The van der Waals surface area contributed by atoms with Gasteiger partial charge in [-0.25, -0.2) is 9.69 Å². The Bertz CT molecular complexity index is 635. The van der Waals surface area contributed by atoms with E-state index >= 15 is 0 Å². The highest BCUT2D eigenvalue weighted by Gasteiger charge is 2.51. The van der Waals surface area contributed by atoms with E-state index in [4.69, 9.17) is 0 Å². The van der Waals surface area contributed by atoms with Crippen LogP contribution in [0.1, 0.15) is 43.1 Å². The first-order valence-corrected chi connectivity index (χ1v) is 6.90. The largest absolute Gasteiger partial charge is 0.478 e. The zero-order valence-corrected chi connectivity index (χ0v) is 12.6. The van der Waals surface area contributed by atoms with Gasteiger partial charge in [0.05, 0.1) is 16.7 Å². The van der Waals surface area contributed by atoms with Crippen molar-refractivity contribution in [3.8, 4) is 0 Å². The van der Waals surface area contributed by atoms with Gasteiger partial charge in [0.2, 0.25) is 11.8 Å². The Morgan fingerprint density at radius 2 is 1.95 bits per heavy atom. The summed E-state index contributed by atoms with van der Waals surface area (Å²) < 4.78 is 0. The molecule has 1 aliphatic heterocycles. The summed E-state index contributed by atoms with van der Waals surface area (Å²) in [6, 6.07) is 4.71. The first-order chi connectivity index (χ1) is 9.68. The van der Waals surface area contributed by atoms with Gasteiger partial charge >= 0.3 is 5.97 Å². The number of aromatic carboxylic acids is 1. The minimum absolute atomic E-state index is 0.00215. The van der Waals surface area contributed by atoms with Gasteiger partial charge in [-0.2, -0.15) is 0 Å². The number of hydrogen-bond acceptors (Lipinski definition) is 3.